The number of benzene rings is 2. The summed E-state index contributed by atoms with van der Waals surface area (Å²) in [6, 6.07) is 17.1. The molecule has 0 fully saturated rings. The topological polar surface area (TPSA) is 68.7 Å². The Hall–Kier alpha value is -2.97. The van der Waals surface area contributed by atoms with Crippen LogP contribution in [0.15, 0.2) is 69.3 Å². The number of anilines is 2. The van der Waals surface area contributed by atoms with Crippen molar-refractivity contribution in [1.82, 2.24) is 4.98 Å². The van der Waals surface area contributed by atoms with Crippen LogP contribution >= 0.6 is 11.8 Å². The van der Waals surface area contributed by atoms with Crippen LogP contribution in [0.25, 0.3) is 11.1 Å². The molecular weight excluding hydrogens is 306 g/mol. The van der Waals surface area contributed by atoms with Crippen LogP contribution in [-0.4, -0.2) is 4.98 Å². The maximum atomic E-state index is 12.4. The lowest BCUT2D eigenvalue weighted by atomic mass is 10.0. The number of rotatable bonds is 1. The molecule has 0 bridgehead atoms. The number of aromatic nitrogens is 1. The van der Waals surface area contributed by atoms with Gasteiger partial charge in [-0.3, -0.25) is 4.79 Å². The molecule has 0 saturated heterocycles. The van der Waals surface area contributed by atoms with Gasteiger partial charge in [0.05, 0.1) is 33.5 Å². The third kappa shape index (κ3) is 2.30. The fraction of sp³-hybridized carbons (Fsp3) is 0. The summed E-state index contributed by atoms with van der Waals surface area (Å²) < 4.78 is 0. The molecule has 110 valence electrons. The third-order valence-corrected chi connectivity index (χ3v) is 4.84. The summed E-state index contributed by atoms with van der Waals surface area (Å²) in [7, 11) is 0. The first-order valence-electron chi connectivity index (χ1n) is 7.06. The number of aromatic amines is 1. The molecule has 0 amide bonds. The number of pyridine rings is 1. The largest absolute Gasteiger partial charge is 0.353 e. The second kappa shape index (κ2) is 5.34. The molecule has 1 aliphatic rings. The van der Waals surface area contributed by atoms with E-state index in [-0.39, 0.29) is 5.56 Å². The number of hydrogen-bond donors (Lipinski definition) is 2. The highest BCUT2D eigenvalue weighted by molar-refractivity contribution is 7.99. The average molecular weight is 317 g/mol. The number of nitriles is 1. The SMILES string of the molecule is N#Cc1ccc(-c2c3c(c[nH]c2=O)Sc2ccccc2N3)cc1. The fourth-order valence-corrected chi connectivity index (χ4v) is 3.60. The molecule has 23 heavy (non-hydrogen) atoms. The van der Waals surface area contributed by atoms with Gasteiger partial charge in [0.2, 0.25) is 0 Å². The average Bonchev–Trinajstić information content (AvgIpc) is 2.60. The first-order chi connectivity index (χ1) is 11.3. The molecular formula is C18H11N3OS. The Labute approximate surface area is 136 Å². The van der Waals surface area contributed by atoms with Crippen molar-refractivity contribution in [3.8, 4) is 17.2 Å². The summed E-state index contributed by atoms with van der Waals surface area (Å²) in [5.41, 5.74) is 3.60. The molecule has 0 aliphatic carbocycles. The maximum absolute atomic E-state index is 12.4. The normalized spacial score (nSPS) is 11.8. The van der Waals surface area contributed by atoms with E-state index in [1.165, 1.54) is 0 Å². The lowest BCUT2D eigenvalue weighted by Gasteiger charge is -2.22. The summed E-state index contributed by atoms with van der Waals surface area (Å²) in [6.45, 7) is 0. The summed E-state index contributed by atoms with van der Waals surface area (Å²) in [6.07, 6.45) is 1.73. The van der Waals surface area contributed by atoms with Crippen LogP contribution in [0, 0.1) is 11.3 Å². The number of nitrogens with one attached hydrogen (secondary N) is 2. The Morgan fingerprint density at radius 1 is 1.00 bits per heavy atom. The molecule has 4 nitrogen and oxygen atoms in total. The van der Waals surface area contributed by atoms with Gasteiger partial charge in [0.15, 0.2) is 0 Å². The molecule has 2 N–H and O–H groups in total. The number of fused-ring (bicyclic) bond motifs is 2. The Bertz CT molecular complexity index is 1000. The van der Waals surface area contributed by atoms with E-state index in [2.05, 4.69) is 16.4 Å². The van der Waals surface area contributed by atoms with Gasteiger partial charge in [0.25, 0.3) is 5.56 Å². The highest BCUT2D eigenvalue weighted by atomic mass is 32.2. The minimum absolute atomic E-state index is 0.152. The molecule has 0 saturated carbocycles. The van der Waals surface area contributed by atoms with E-state index >= 15 is 0 Å². The van der Waals surface area contributed by atoms with Crippen molar-refractivity contribution in [2.45, 2.75) is 9.79 Å². The quantitative estimate of drug-likeness (QED) is 0.554. The molecule has 0 unspecified atom stereocenters. The number of nitrogens with zero attached hydrogens (tertiary/aromatic N) is 1. The van der Waals surface area contributed by atoms with Crippen molar-refractivity contribution in [2.24, 2.45) is 0 Å². The summed E-state index contributed by atoms with van der Waals surface area (Å²) >= 11 is 1.62. The summed E-state index contributed by atoms with van der Waals surface area (Å²) in [5.74, 6) is 0. The van der Waals surface area contributed by atoms with Gasteiger partial charge in [-0.25, -0.2) is 0 Å². The molecule has 1 aromatic heterocycles. The van der Waals surface area contributed by atoms with E-state index in [9.17, 15) is 4.79 Å². The van der Waals surface area contributed by atoms with Gasteiger partial charge in [-0.15, -0.1) is 0 Å². The van der Waals surface area contributed by atoms with Crippen molar-refractivity contribution in [3.05, 3.63) is 70.6 Å². The summed E-state index contributed by atoms with van der Waals surface area (Å²) in [5, 5.41) is 12.3. The van der Waals surface area contributed by atoms with Crippen LogP contribution in [0.3, 0.4) is 0 Å². The molecule has 0 atom stereocenters. The molecule has 3 aromatic rings. The minimum atomic E-state index is -0.152. The van der Waals surface area contributed by atoms with E-state index in [0.717, 1.165) is 26.7 Å². The number of para-hydroxylation sites is 1. The highest BCUT2D eigenvalue weighted by Crippen LogP contribution is 2.46. The van der Waals surface area contributed by atoms with Crippen molar-refractivity contribution in [2.75, 3.05) is 5.32 Å². The predicted octanol–water partition coefficient (Wildman–Crippen LogP) is 4.12. The minimum Gasteiger partial charge on any atom is -0.353 e. The molecule has 0 spiro atoms. The Balaban J connectivity index is 1.89. The van der Waals surface area contributed by atoms with Gasteiger partial charge in [0.1, 0.15) is 0 Å². The standard InChI is InChI=1S/C18H11N3OS/c19-9-11-5-7-12(8-6-11)16-17-15(10-20-18(16)22)23-14-4-2-1-3-13(14)21-17/h1-8,10,21H,(H,20,22). The lowest BCUT2D eigenvalue weighted by Crippen LogP contribution is -2.14. The van der Waals surface area contributed by atoms with E-state index in [1.54, 1.807) is 42.2 Å². The Kier molecular flexibility index (Phi) is 3.18. The molecule has 0 radical (unpaired) electrons. The van der Waals surface area contributed by atoms with Gasteiger partial charge < -0.3 is 10.3 Å². The van der Waals surface area contributed by atoms with Gasteiger partial charge in [0, 0.05) is 11.1 Å². The zero-order valence-electron chi connectivity index (χ0n) is 12.0. The number of H-pyrrole nitrogens is 1. The number of hydrogen-bond acceptors (Lipinski definition) is 4. The van der Waals surface area contributed by atoms with Crippen LogP contribution in [0.1, 0.15) is 5.56 Å². The third-order valence-electron chi connectivity index (χ3n) is 3.73. The summed E-state index contributed by atoms with van der Waals surface area (Å²) in [4.78, 5) is 17.3. The van der Waals surface area contributed by atoms with Gasteiger partial charge in [-0.1, -0.05) is 36.0 Å². The Morgan fingerprint density at radius 2 is 1.78 bits per heavy atom. The van der Waals surface area contributed by atoms with Crippen molar-refractivity contribution in [3.63, 3.8) is 0 Å². The lowest BCUT2D eigenvalue weighted by molar-refractivity contribution is 1.16. The van der Waals surface area contributed by atoms with Crippen molar-refractivity contribution in [1.29, 1.82) is 5.26 Å². The fourth-order valence-electron chi connectivity index (χ4n) is 2.62. The van der Waals surface area contributed by atoms with Gasteiger partial charge in [-0.05, 0) is 29.8 Å². The first-order valence-corrected chi connectivity index (χ1v) is 7.88. The zero-order valence-corrected chi connectivity index (χ0v) is 12.8. The molecule has 1 aliphatic heterocycles. The monoisotopic (exact) mass is 317 g/mol. The van der Waals surface area contributed by atoms with E-state index in [1.807, 2.05) is 24.3 Å². The van der Waals surface area contributed by atoms with Crippen LogP contribution in [0.4, 0.5) is 11.4 Å². The highest BCUT2D eigenvalue weighted by Gasteiger charge is 2.21. The first kappa shape index (κ1) is 13.7. The van der Waals surface area contributed by atoms with E-state index in [4.69, 9.17) is 5.26 Å². The molecule has 5 heteroatoms. The van der Waals surface area contributed by atoms with Gasteiger partial charge >= 0.3 is 0 Å². The molecule has 2 aromatic carbocycles. The van der Waals surface area contributed by atoms with Gasteiger partial charge in [-0.2, -0.15) is 5.26 Å². The molecule has 2 heterocycles. The van der Waals surface area contributed by atoms with E-state index < -0.39 is 0 Å². The smallest absolute Gasteiger partial charge is 0.258 e. The van der Waals surface area contributed by atoms with Crippen LogP contribution < -0.4 is 10.9 Å². The predicted molar refractivity (Wildman–Crippen MR) is 91.1 cm³/mol. The molecule has 4 rings (SSSR count). The van der Waals surface area contributed by atoms with E-state index in [0.29, 0.717) is 11.1 Å². The maximum Gasteiger partial charge on any atom is 0.258 e. The van der Waals surface area contributed by atoms with Crippen LogP contribution in [-0.2, 0) is 0 Å². The van der Waals surface area contributed by atoms with Crippen LogP contribution in [0.2, 0.25) is 0 Å². The second-order valence-electron chi connectivity index (χ2n) is 5.14. The zero-order chi connectivity index (χ0) is 15.8. The van der Waals surface area contributed by atoms with Crippen molar-refractivity contribution >= 4 is 23.1 Å². The Morgan fingerprint density at radius 3 is 2.57 bits per heavy atom. The van der Waals surface area contributed by atoms with Crippen molar-refractivity contribution < 1.29 is 0 Å². The second-order valence-corrected chi connectivity index (χ2v) is 6.23. The van der Waals surface area contributed by atoms with Crippen LogP contribution in [0.5, 0.6) is 0 Å².